The Kier molecular flexibility index (Phi) is 15.3. The van der Waals surface area contributed by atoms with Crippen LogP contribution in [0.1, 0.15) is 41.3 Å². The van der Waals surface area contributed by atoms with E-state index in [2.05, 4.69) is 25.8 Å². The van der Waals surface area contributed by atoms with Gasteiger partial charge in [-0.25, -0.2) is 0 Å². The first-order valence-electron chi connectivity index (χ1n) is 16.8. The van der Waals surface area contributed by atoms with Crippen LogP contribution in [-0.2, 0) is 17.9 Å². The number of carboxylic acid groups (broad SMARTS) is 1. The third-order valence-electron chi connectivity index (χ3n) is 7.63. The number of nitrogens with zero attached hydrogens (tertiary/aromatic N) is 8. The highest BCUT2D eigenvalue weighted by atomic mass is 16.4. The van der Waals surface area contributed by atoms with Gasteiger partial charge in [-0.15, -0.1) is 10.2 Å². The van der Waals surface area contributed by atoms with Crippen LogP contribution in [0, 0.1) is 13.8 Å². The normalized spacial score (nSPS) is 11.3. The van der Waals surface area contributed by atoms with E-state index in [4.69, 9.17) is 9.90 Å². The predicted octanol–water partition coefficient (Wildman–Crippen LogP) is 6.12. The molecule has 0 unspecified atom stereocenters. The van der Waals surface area contributed by atoms with E-state index < -0.39 is 5.97 Å². The standard InChI is InChI=1S/C35H43N9O5.C2H4O2/c1-23-20-29(45)43(18-8-16-41(3)4)34(48)31(23)39-37-26-14-12-25(13-15-26)33(47)36-27-10-7-11-28(22-27)38-40-32-24(2)21-30(46)44(35(32)49)19-9-17-42(5)6;1-2(3)4/h7,10-15,20-22,48-49H,8-9,16-19H2,1-6H3,(H,36,47);1H3,(H,3,4). The number of amides is 1. The van der Waals surface area contributed by atoms with Crippen molar-refractivity contribution in [3.8, 4) is 11.8 Å². The highest BCUT2D eigenvalue weighted by molar-refractivity contribution is 6.04. The fourth-order valence-electron chi connectivity index (χ4n) is 4.99. The van der Waals surface area contributed by atoms with Gasteiger partial charge in [0, 0.05) is 43.4 Å². The van der Waals surface area contributed by atoms with E-state index >= 15 is 0 Å². The summed E-state index contributed by atoms with van der Waals surface area (Å²) >= 11 is 0. The van der Waals surface area contributed by atoms with Gasteiger partial charge in [0.1, 0.15) is 11.4 Å². The number of rotatable bonds is 14. The van der Waals surface area contributed by atoms with Crippen molar-refractivity contribution in [3.05, 3.63) is 98.1 Å². The molecule has 0 aliphatic carbocycles. The first-order valence-corrected chi connectivity index (χ1v) is 16.8. The monoisotopic (exact) mass is 729 g/mol. The number of aliphatic carboxylic acids is 1. The van der Waals surface area contributed by atoms with Gasteiger partial charge in [0.05, 0.1) is 11.4 Å². The molecule has 282 valence electrons. The molecule has 0 bridgehead atoms. The lowest BCUT2D eigenvalue weighted by Gasteiger charge is -2.13. The molecule has 0 atom stereocenters. The third-order valence-corrected chi connectivity index (χ3v) is 7.63. The van der Waals surface area contributed by atoms with Crippen molar-refractivity contribution >= 4 is 40.3 Å². The Morgan fingerprint density at radius 2 is 1.15 bits per heavy atom. The molecule has 2 aromatic heterocycles. The second kappa shape index (κ2) is 19.6. The lowest BCUT2D eigenvalue weighted by molar-refractivity contribution is -0.134. The zero-order valence-corrected chi connectivity index (χ0v) is 31.1. The van der Waals surface area contributed by atoms with Gasteiger partial charge in [-0.2, -0.15) is 10.2 Å². The van der Waals surface area contributed by atoms with Gasteiger partial charge in [-0.1, -0.05) is 6.07 Å². The number of aromatic hydroxyl groups is 2. The number of aryl methyl sites for hydroxylation is 2. The fraction of sp³-hybridized carbons (Fsp3) is 0.351. The molecule has 16 heteroatoms. The summed E-state index contributed by atoms with van der Waals surface area (Å²) in [5, 5.41) is 48.7. The summed E-state index contributed by atoms with van der Waals surface area (Å²) in [6, 6.07) is 16.1. The van der Waals surface area contributed by atoms with Gasteiger partial charge in [-0.3, -0.25) is 28.3 Å². The SMILES string of the molecule is CC(=O)O.Cc1cc(=O)n(CCCN(C)C)c(O)c1N=Nc1ccc(C(=O)Nc2cccc(N=Nc3c(C)cc(=O)n(CCCN(C)C)c3O)c2)cc1. The molecule has 0 aliphatic rings. The number of carboxylic acids is 1. The number of anilines is 1. The molecule has 0 saturated heterocycles. The van der Waals surface area contributed by atoms with Gasteiger partial charge in [0.15, 0.2) is 0 Å². The minimum Gasteiger partial charge on any atom is -0.493 e. The first kappa shape index (κ1) is 41.4. The molecule has 0 spiro atoms. The summed E-state index contributed by atoms with van der Waals surface area (Å²) in [5.41, 5.74) is 2.51. The highest BCUT2D eigenvalue weighted by Gasteiger charge is 2.15. The van der Waals surface area contributed by atoms with Gasteiger partial charge < -0.3 is 30.4 Å². The summed E-state index contributed by atoms with van der Waals surface area (Å²) in [6.07, 6.45) is 1.35. The van der Waals surface area contributed by atoms with Crippen molar-refractivity contribution in [1.82, 2.24) is 18.9 Å². The van der Waals surface area contributed by atoms with E-state index in [1.54, 1.807) is 62.4 Å². The molecular weight excluding hydrogens is 682 g/mol. The first-order chi connectivity index (χ1) is 25.1. The van der Waals surface area contributed by atoms with Gasteiger partial charge in [0.25, 0.3) is 23.0 Å². The molecule has 1 amide bonds. The van der Waals surface area contributed by atoms with E-state index in [1.165, 1.54) is 21.3 Å². The van der Waals surface area contributed by atoms with E-state index in [9.17, 15) is 24.6 Å². The van der Waals surface area contributed by atoms with E-state index in [0.717, 1.165) is 20.0 Å². The Balaban J connectivity index is 0.00000180. The van der Waals surface area contributed by atoms with E-state index in [0.29, 0.717) is 59.7 Å². The van der Waals surface area contributed by atoms with Crippen LogP contribution in [0.25, 0.3) is 0 Å². The van der Waals surface area contributed by atoms with Crippen molar-refractivity contribution < 1.29 is 24.9 Å². The Morgan fingerprint density at radius 1 is 0.698 bits per heavy atom. The molecule has 2 heterocycles. The van der Waals surface area contributed by atoms with E-state index in [-0.39, 0.29) is 40.2 Å². The van der Waals surface area contributed by atoms with Crippen LogP contribution in [0.5, 0.6) is 11.8 Å². The summed E-state index contributed by atoms with van der Waals surface area (Å²) in [6.45, 7) is 6.65. The van der Waals surface area contributed by atoms with Crippen molar-refractivity contribution in [2.75, 3.05) is 46.6 Å². The lowest BCUT2D eigenvalue weighted by Crippen LogP contribution is -2.22. The largest absolute Gasteiger partial charge is 0.493 e. The van der Waals surface area contributed by atoms with Crippen LogP contribution in [0.2, 0.25) is 0 Å². The summed E-state index contributed by atoms with van der Waals surface area (Å²) < 4.78 is 2.57. The van der Waals surface area contributed by atoms with Crippen LogP contribution < -0.4 is 16.4 Å². The maximum absolute atomic E-state index is 13.0. The molecule has 53 heavy (non-hydrogen) atoms. The van der Waals surface area contributed by atoms with Crippen LogP contribution in [0.3, 0.4) is 0 Å². The molecule has 0 fully saturated rings. The van der Waals surface area contributed by atoms with Crippen LogP contribution in [0.15, 0.2) is 90.7 Å². The average Bonchev–Trinajstić information content (AvgIpc) is 3.07. The molecular formula is C37H47N9O7. The molecule has 4 N–H and O–H groups in total. The number of carbonyl (C=O) groups excluding carboxylic acids is 1. The van der Waals surface area contributed by atoms with Crippen LogP contribution in [0.4, 0.5) is 28.4 Å². The molecule has 4 rings (SSSR count). The predicted molar refractivity (Wildman–Crippen MR) is 203 cm³/mol. The number of pyridine rings is 2. The Morgan fingerprint density at radius 3 is 1.60 bits per heavy atom. The second-order valence-electron chi connectivity index (χ2n) is 12.8. The second-order valence-corrected chi connectivity index (χ2v) is 12.8. The number of azo groups is 2. The van der Waals surface area contributed by atoms with Gasteiger partial charge in [0.2, 0.25) is 11.8 Å². The van der Waals surface area contributed by atoms with Crippen molar-refractivity contribution in [3.63, 3.8) is 0 Å². The maximum Gasteiger partial charge on any atom is 0.300 e. The van der Waals surface area contributed by atoms with Gasteiger partial charge in [-0.05, 0) is 122 Å². The van der Waals surface area contributed by atoms with Crippen LogP contribution >= 0.6 is 0 Å². The molecule has 4 aromatic rings. The number of aromatic nitrogens is 2. The number of hydrogen-bond acceptors (Lipinski definition) is 12. The van der Waals surface area contributed by atoms with E-state index in [1.807, 2.05) is 38.0 Å². The van der Waals surface area contributed by atoms with Gasteiger partial charge >= 0.3 is 0 Å². The number of carbonyl (C=O) groups is 2. The average molecular weight is 730 g/mol. The highest BCUT2D eigenvalue weighted by Crippen LogP contribution is 2.32. The van der Waals surface area contributed by atoms with Crippen molar-refractivity contribution in [2.45, 2.75) is 46.7 Å². The Bertz CT molecular complexity index is 2060. The Labute approximate surface area is 307 Å². The number of nitrogens with one attached hydrogen (secondary N) is 1. The summed E-state index contributed by atoms with van der Waals surface area (Å²) in [5.74, 6) is -1.68. The zero-order chi connectivity index (χ0) is 39.2. The summed E-state index contributed by atoms with van der Waals surface area (Å²) in [4.78, 5) is 50.9. The summed E-state index contributed by atoms with van der Waals surface area (Å²) in [7, 11) is 7.76. The third kappa shape index (κ3) is 12.6. The number of hydrogen-bond donors (Lipinski definition) is 4. The maximum atomic E-state index is 13.0. The van der Waals surface area contributed by atoms with Crippen molar-refractivity contribution in [1.29, 1.82) is 0 Å². The molecule has 0 radical (unpaired) electrons. The lowest BCUT2D eigenvalue weighted by atomic mass is 10.2. The molecule has 0 aliphatic heterocycles. The molecule has 16 nitrogen and oxygen atoms in total. The number of benzene rings is 2. The van der Waals surface area contributed by atoms with Crippen LogP contribution in [-0.4, -0.2) is 87.4 Å². The molecule has 0 saturated carbocycles. The minimum atomic E-state index is -0.833. The molecule has 2 aromatic carbocycles. The fourth-order valence-corrected chi connectivity index (χ4v) is 4.99. The smallest absolute Gasteiger partial charge is 0.300 e. The van der Waals surface area contributed by atoms with Crippen molar-refractivity contribution in [2.24, 2.45) is 20.5 Å². The zero-order valence-electron chi connectivity index (χ0n) is 31.1. The quantitative estimate of drug-likeness (QED) is 0.110. The Hall–Kier alpha value is -6.00. The topological polar surface area (TPSA) is 207 Å². The minimum absolute atomic E-state index is 0.197.